The van der Waals surface area contributed by atoms with Crippen LogP contribution >= 0.6 is 0 Å². The molecule has 0 radical (unpaired) electrons. The predicted molar refractivity (Wildman–Crippen MR) is 159 cm³/mol. The van der Waals surface area contributed by atoms with Gasteiger partial charge >= 0.3 is 11.9 Å². The minimum Gasteiger partial charge on any atom is -0.378 e. The van der Waals surface area contributed by atoms with Crippen molar-refractivity contribution in [3.63, 3.8) is 0 Å². The Kier molecular flexibility index (Phi) is 10.6. The summed E-state index contributed by atoms with van der Waals surface area (Å²) in [5, 5.41) is 3.45. The van der Waals surface area contributed by atoms with E-state index in [0.717, 1.165) is 38.5 Å². The van der Waals surface area contributed by atoms with Crippen molar-refractivity contribution in [2.45, 2.75) is 38.5 Å². The second-order valence-electron chi connectivity index (χ2n) is 11.5. The number of hydrogen-bond acceptors (Lipinski definition) is 8. The first-order valence-electron chi connectivity index (χ1n) is 14.4. The SMILES string of the molecule is CN(C)c1ccc(CC2CCCN(OC(=O)/C=C/C(=O)ON3CCCC(Cc4ccc(N(C)C)cc4)C3)C2)cc1. The highest BCUT2D eigenvalue weighted by Crippen LogP contribution is 2.24. The molecule has 0 spiro atoms. The maximum absolute atomic E-state index is 12.4. The van der Waals surface area contributed by atoms with E-state index in [9.17, 15) is 9.59 Å². The molecule has 2 heterocycles. The molecule has 216 valence electrons. The standard InChI is InChI=1S/C32H44N4O4/c1-33(2)29-13-9-25(10-14-29)21-27-7-5-19-35(23-27)39-31(37)17-18-32(38)40-36-20-6-8-28(24-36)22-26-11-15-30(16-12-26)34(3)4/h9-18,27-28H,5-8,19-24H2,1-4H3/b18-17+. The highest BCUT2D eigenvalue weighted by Gasteiger charge is 2.24. The summed E-state index contributed by atoms with van der Waals surface area (Å²) in [6.07, 6.45) is 8.36. The number of hydrogen-bond donors (Lipinski definition) is 0. The molecule has 0 bridgehead atoms. The van der Waals surface area contributed by atoms with Gasteiger partial charge in [-0.15, -0.1) is 10.1 Å². The van der Waals surface area contributed by atoms with Crippen molar-refractivity contribution in [2.24, 2.45) is 11.8 Å². The lowest BCUT2D eigenvalue weighted by molar-refractivity contribution is -0.194. The van der Waals surface area contributed by atoms with Gasteiger partial charge in [0.1, 0.15) is 0 Å². The summed E-state index contributed by atoms with van der Waals surface area (Å²) in [7, 11) is 8.14. The third kappa shape index (κ3) is 9.10. The monoisotopic (exact) mass is 548 g/mol. The van der Waals surface area contributed by atoms with E-state index in [4.69, 9.17) is 9.68 Å². The molecule has 2 aromatic rings. The van der Waals surface area contributed by atoms with Crippen LogP contribution in [0, 0.1) is 11.8 Å². The number of hydroxylamine groups is 4. The third-order valence-electron chi connectivity index (χ3n) is 7.71. The number of nitrogens with zero attached hydrogens (tertiary/aromatic N) is 4. The first-order valence-corrected chi connectivity index (χ1v) is 14.4. The van der Waals surface area contributed by atoms with Crippen molar-refractivity contribution < 1.29 is 19.3 Å². The van der Waals surface area contributed by atoms with Gasteiger partial charge in [-0.25, -0.2) is 9.59 Å². The molecule has 0 N–H and O–H groups in total. The fraction of sp³-hybridized carbons (Fsp3) is 0.500. The van der Waals surface area contributed by atoms with Gasteiger partial charge in [-0.1, -0.05) is 24.3 Å². The van der Waals surface area contributed by atoms with Gasteiger partial charge in [-0.2, -0.15) is 0 Å². The number of anilines is 2. The van der Waals surface area contributed by atoms with Gasteiger partial charge < -0.3 is 19.5 Å². The van der Waals surface area contributed by atoms with Crippen LogP contribution < -0.4 is 9.80 Å². The molecule has 2 aliphatic heterocycles. The van der Waals surface area contributed by atoms with Gasteiger partial charge in [0.15, 0.2) is 0 Å². The largest absolute Gasteiger partial charge is 0.378 e. The molecule has 0 amide bonds. The lowest BCUT2D eigenvalue weighted by atomic mass is 9.92. The van der Waals surface area contributed by atoms with Crippen molar-refractivity contribution >= 4 is 23.3 Å². The molecular weight excluding hydrogens is 504 g/mol. The van der Waals surface area contributed by atoms with E-state index in [2.05, 4.69) is 58.3 Å². The van der Waals surface area contributed by atoms with E-state index < -0.39 is 11.9 Å². The second kappa shape index (κ2) is 14.3. The van der Waals surface area contributed by atoms with Gasteiger partial charge in [0.2, 0.25) is 0 Å². The van der Waals surface area contributed by atoms with Crippen molar-refractivity contribution in [3.05, 3.63) is 71.8 Å². The number of piperidine rings is 2. The molecule has 0 saturated carbocycles. The van der Waals surface area contributed by atoms with E-state index >= 15 is 0 Å². The van der Waals surface area contributed by atoms with Gasteiger partial charge in [0, 0.05) is 77.9 Å². The van der Waals surface area contributed by atoms with E-state index in [0.29, 0.717) is 38.0 Å². The summed E-state index contributed by atoms with van der Waals surface area (Å²) in [5.74, 6) is -0.270. The molecule has 2 aromatic carbocycles. The average molecular weight is 549 g/mol. The van der Waals surface area contributed by atoms with Crippen molar-refractivity contribution in [3.8, 4) is 0 Å². The number of carbonyl (C=O) groups excluding carboxylic acids is 2. The van der Waals surface area contributed by atoms with Crippen LogP contribution in [0.4, 0.5) is 11.4 Å². The molecule has 0 aromatic heterocycles. The third-order valence-corrected chi connectivity index (χ3v) is 7.71. The zero-order valence-electron chi connectivity index (χ0n) is 24.4. The molecule has 0 aliphatic carbocycles. The molecule has 8 heteroatoms. The highest BCUT2D eigenvalue weighted by molar-refractivity contribution is 5.91. The number of benzene rings is 2. The normalized spacial score (nSPS) is 20.3. The van der Waals surface area contributed by atoms with Gasteiger partial charge in [-0.05, 0) is 85.8 Å². The highest BCUT2D eigenvalue weighted by atomic mass is 16.7. The van der Waals surface area contributed by atoms with E-state index in [1.807, 2.05) is 28.2 Å². The summed E-state index contributed by atoms with van der Waals surface area (Å²) in [5.41, 5.74) is 4.93. The Morgan fingerprint density at radius 1 is 0.700 bits per heavy atom. The summed E-state index contributed by atoms with van der Waals surface area (Å²) >= 11 is 0. The zero-order chi connectivity index (χ0) is 28.5. The van der Waals surface area contributed by atoms with Crippen LogP contribution in [0.1, 0.15) is 36.8 Å². The molecule has 2 aliphatic rings. The zero-order valence-corrected chi connectivity index (χ0v) is 24.4. The van der Waals surface area contributed by atoms with Crippen LogP contribution in [0.3, 0.4) is 0 Å². The molecule has 8 nitrogen and oxygen atoms in total. The number of rotatable bonds is 10. The fourth-order valence-corrected chi connectivity index (χ4v) is 5.53. The van der Waals surface area contributed by atoms with Crippen LogP contribution in [0.25, 0.3) is 0 Å². The van der Waals surface area contributed by atoms with E-state index in [1.54, 1.807) is 10.1 Å². The minimum atomic E-state index is -0.550. The summed E-state index contributed by atoms with van der Waals surface area (Å²) < 4.78 is 0. The Morgan fingerprint density at radius 2 is 1.07 bits per heavy atom. The summed E-state index contributed by atoms with van der Waals surface area (Å²) in [6, 6.07) is 17.2. The van der Waals surface area contributed by atoms with Crippen LogP contribution in [0.2, 0.25) is 0 Å². The molecule has 2 unspecified atom stereocenters. The lowest BCUT2D eigenvalue weighted by Crippen LogP contribution is -2.38. The maximum atomic E-state index is 12.4. The average Bonchev–Trinajstić information content (AvgIpc) is 2.93. The Morgan fingerprint density at radius 3 is 1.43 bits per heavy atom. The smallest absolute Gasteiger partial charge is 0.349 e. The fourth-order valence-electron chi connectivity index (χ4n) is 5.53. The predicted octanol–water partition coefficient (Wildman–Crippen LogP) is 4.50. The summed E-state index contributed by atoms with van der Waals surface area (Å²) in [6.45, 7) is 2.78. The maximum Gasteiger partial charge on any atom is 0.349 e. The van der Waals surface area contributed by atoms with Crippen LogP contribution in [-0.2, 0) is 32.1 Å². The molecule has 40 heavy (non-hydrogen) atoms. The molecule has 4 rings (SSSR count). The Balaban J connectivity index is 1.18. The van der Waals surface area contributed by atoms with Gasteiger partial charge in [0.25, 0.3) is 0 Å². The second-order valence-corrected chi connectivity index (χ2v) is 11.5. The van der Waals surface area contributed by atoms with Gasteiger partial charge in [-0.3, -0.25) is 0 Å². The topological polar surface area (TPSA) is 65.6 Å². The minimum absolute atomic E-state index is 0.415. The van der Waals surface area contributed by atoms with Crippen molar-refractivity contribution in [1.29, 1.82) is 0 Å². The molecule has 2 fully saturated rings. The van der Waals surface area contributed by atoms with Crippen LogP contribution in [0.5, 0.6) is 0 Å². The van der Waals surface area contributed by atoms with Crippen LogP contribution in [0.15, 0.2) is 60.7 Å². The lowest BCUT2D eigenvalue weighted by Gasteiger charge is -2.31. The van der Waals surface area contributed by atoms with Crippen LogP contribution in [-0.4, -0.2) is 76.4 Å². The van der Waals surface area contributed by atoms with E-state index in [1.165, 1.54) is 34.7 Å². The molecule has 2 atom stereocenters. The summed E-state index contributed by atoms with van der Waals surface area (Å²) in [4.78, 5) is 40.1. The first kappa shape index (κ1) is 29.6. The van der Waals surface area contributed by atoms with E-state index in [-0.39, 0.29) is 0 Å². The Labute approximate surface area is 239 Å². The Hall–Kier alpha value is -3.36. The first-order chi connectivity index (χ1) is 19.2. The molecular formula is C32H44N4O4. The quantitative estimate of drug-likeness (QED) is 0.402. The Bertz CT molecular complexity index is 1040. The molecule has 2 saturated heterocycles. The van der Waals surface area contributed by atoms with Crippen molar-refractivity contribution in [1.82, 2.24) is 10.1 Å². The number of carbonyl (C=O) groups is 2. The van der Waals surface area contributed by atoms with Crippen molar-refractivity contribution in [2.75, 3.05) is 64.2 Å². The van der Waals surface area contributed by atoms with Gasteiger partial charge in [0.05, 0.1) is 0 Å².